The molecule has 6 heteroatoms. The molecule has 140 valence electrons. The Kier molecular flexibility index (Phi) is 5.12. The number of rotatable bonds is 5. The summed E-state index contributed by atoms with van der Waals surface area (Å²) in [7, 11) is 1.63. The maximum Gasteiger partial charge on any atom is 0.147 e. The third kappa shape index (κ3) is 3.51. The molecule has 0 unspecified atom stereocenters. The Hall–Kier alpha value is -3.12. The molecule has 0 amide bonds. The van der Waals surface area contributed by atoms with Crippen LogP contribution in [-0.4, -0.2) is 22.2 Å². The first-order valence-electron chi connectivity index (χ1n) is 8.75. The number of nitrogens with one attached hydrogen (secondary N) is 1. The molecular formula is C22H18BrN3O2. The third-order valence-corrected chi connectivity index (χ3v) is 5.18. The molecule has 0 aliphatic heterocycles. The van der Waals surface area contributed by atoms with Gasteiger partial charge in [0.2, 0.25) is 0 Å². The van der Waals surface area contributed by atoms with Gasteiger partial charge in [-0.3, -0.25) is 4.98 Å². The zero-order chi connectivity index (χ0) is 19.5. The minimum absolute atomic E-state index is 0.151. The first kappa shape index (κ1) is 18.3. The molecule has 0 spiro atoms. The van der Waals surface area contributed by atoms with Crippen molar-refractivity contribution >= 4 is 32.7 Å². The number of methoxy groups -OCH3 is 1. The second-order valence-electron chi connectivity index (χ2n) is 6.26. The minimum atomic E-state index is -0.330. The van der Waals surface area contributed by atoms with Gasteiger partial charge in [0, 0.05) is 23.3 Å². The molecule has 0 bridgehead atoms. The second kappa shape index (κ2) is 7.86. The van der Waals surface area contributed by atoms with Gasteiger partial charge in [0.1, 0.15) is 22.8 Å². The van der Waals surface area contributed by atoms with Crippen LogP contribution in [0.1, 0.15) is 17.2 Å². The number of aromatic hydroxyl groups is 1. The lowest BCUT2D eigenvalue weighted by molar-refractivity contribution is 0.412. The Labute approximate surface area is 171 Å². The topological polar surface area (TPSA) is 67.3 Å². The molecule has 1 atom stereocenters. The first-order valence-corrected chi connectivity index (χ1v) is 9.54. The van der Waals surface area contributed by atoms with Crippen LogP contribution in [0.5, 0.6) is 11.5 Å². The van der Waals surface area contributed by atoms with E-state index in [1.165, 1.54) is 0 Å². The van der Waals surface area contributed by atoms with E-state index >= 15 is 0 Å². The van der Waals surface area contributed by atoms with E-state index < -0.39 is 0 Å². The van der Waals surface area contributed by atoms with Crippen LogP contribution in [0.15, 0.2) is 77.5 Å². The number of aromatic nitrogens is 2. The lowest BCUT2D eigenvalue weighted by Crippen LogP contribution is -2.14. The van der Waals surface area contributed by atoms with Gasteiger partial charge in [-0.15, -0.1) is 0 Å². The largest absolute Gasteiger partial charge is 0.505 e. The lowest BCUT2D eigenvalue weighted by Gasteiger charge is -2.22. The van der Waals surface area contributed by atoms with Crippen LogP contribution in [0.25, 0.3) is 10.9 Å². The van der Waals surface area contributed by atoms with E-state index in [1.54, 1.807) is 19.5 Å². The average Bonchev–Trinajstić information content (AvgIpc) is 2.73. The molecule has 0 aliphatic carbocycles. The maximum absolute atomic E-state index is 11.0. The molecule has 2 aromatic carbocycles. The van der Waals surface area contributed by atoms with Crippen molar-refractivity contribution in [2.75, 3.05) is 12.4 Å². The van der Waals surface area contributed by atoms with Gasteiger partial charge >= 0.3 is 0 Å². The molecule has 0 aliphatic rings. The van der Waals surface area contributed by atoms with Crippen LogP contribution in [0, 0.1) is 0 Å². The summed E-state index contributed by atoms with van der Waals surface area (Å²) in [6.07, 6.45) is 3.40. The van der Waals surface area contributed by atoms with Gasteiger partial charge in [-0.05, 0) is 51.8 Å². The molecule has 4 rings (SSSR count). The fourth-order valence-corrected chi connectivity index (χ4v) is 3.74. The van der Waals surface area contributed by atoms with Crippen molar-refractivity contribution in [2.24, 2.45) is 0 Å². The highest BCUT2D eigenvalue weighted by molar-refractivity contribution is 9.10. The number of phenols is 1. The van der Waals surface area contributed by atoms with Crippen LogP contribution in [0.3, 0.4) is 0 Å². The van der Waals surface area contributed by atoms with Gasteiger partial charge < -0.3 is 15.2 Å². The number of nitrogens with zero attached hydrogens (tertiary/aromatic N) is 2. The van der Waals surface area contributed by atoms with E-state index in [2.05, 4.69) is 31.2 Å². The number of halogens is 1. The van der Waals surface area contributed by atoms with Crippen molar-refractivity contribution in [1.29, 1.82) is 0 Å². The molecule has 5 nitrogen and oxygen atoms in total. The van der Waals surface area contributed by atoms with E-state index in [4.69, 9.17) is 4.74 Å². The average molecular weight is 436 g/mol. The van der Waals surface area contributed by atoms with Gasteiger partial charge in [-0.25, -0.2) is 4.98 Å². The zero-order valence-corrected chi connectivity index (χ0v) is 16.7. The summed E-state index contributed by atoms with van der Waals surface area (Å²) in [6, 6.07) is 18.8. The van der Waals surface area contributed by atoms with Crippen LogP contribution in [0.2, 0.25) is 0 Å². The summed E-state index contributed by atoms with van der Waals surface area (Å²) in [6.45, 7) is 0. The van der Waals surface area contributed by atoms with E-state index in [-0.39, 0.29) is 11.8 Å². The fourth-order valence-electron chi connectivity index (χ4n) is 3.18. The number of phenolic OH excluding ortho intramolecular Hbond substituents is 1. The van der Waals surface area contributed by atoms with Crippen molar-refractivity contribution in [1.82, 2.24) is 9.97 Å². The molecule has 4 aromatic rings. The summed E-state index contributed by atoms with van der Waals surface area (Å²) in [5, 5.41) is 15.3. The number of hydrogen-bond donors (Lipinski definition) is 2. The maximum atomic E-state index is 11.0. The molecule has 2 N–H and O–H groups in total. The summed E-state index contributed by atoms with van der Waals surface area (Å²) in [5.74, 6) is 1.60. The van der Waals surface area contributed by atoms with E-state index in [1.807, 2.05) is 60.7 Å². The monoisotopic (exact) mass is 435 g/mol. The standard InChI is InChI=1S/C22H18BrN3O2/c1-28-18-10-8-15(13-17(18)23)20(26-19-6-2-3-11-24-19)16-9-7-14-5-4-12-25-21(14)22(16)27/h2-13,20,27H,1H3,(H,24,26)/t20-/m1/s1. The molecular weight excluding hydrogens is 418 g/mol. The summed E-state index contributed by atoms with van der Waals surface area (Å²) in [4.78, 5) is 8.72. The van der Waals surface area contributed by atoms with Crippen molar-refractivity contribution < 1.29 is 9.84 Å². The molecule has 0 fully saturated rings. The van der Waals surface area contributed by atoms with Crippen molar-refractivity contribution in [3.8, 4) is 11.5 Å². The van der Waals surface area contributed by atoms with Crippen LogP contribution < -0.4 is 10.1 Å². The van der Waals surface area contributed by atoms with Crippen LogP contribution in [-0.2, 0) is 0 Å². The number of ether oxygens (including phenoxy) is 1. The number of anilines is 1. The van der Waals surface area contributed by atoms with E-state index in [0.717, 1.165) is 21.2 Å². The molecule has 2 aromatic heterocycles. The van der Waals surface area contributed by atoms with E-state index in [9.17, 15) is 5.11 Å². The molecule has 0 radical (unpaired) electrons. The van der Waals surface area contributed by atoms with Gasteiger partial charge in [-0.2, -0.15) is 0 Å². The lowest BCUT2D eigenvalue weighted by atomic mass is 9.96. The normalized spacial score (nSPS) is 11.9. The summed E-state index contributed by atoms with van der Waals surface area (Å²) < 4.78 is 6.18. The van der Waals surface area contributed by atoms with Crippen LogP contribution >= 0.6 is 15.9 Å². The molecule has 0 saturated carbocycles. The number of benzene rings is 2. The predicted octanol–water partition coefficient (Wildman–Crippen LogP) is 5.31. The van der Waals surface area contributed by atoms with E-state index in [0.29, 0.717) is 16.9 Å². The van der Waals surface area contributed by atoms with Crippen molar-refractivity contribution in [3.05, 3.63) is 88.7 Å². The second-order valence-corrected chi connectivity index (χ2v) is 7.12. The Morgan fingerprint density at radius 3 is 2.61 bits per heavy atom. The molecule has 28 heavy (non-hydrogen) atoms. The highest BCUT2D eigenvalue weighted by Gasteiger charge is 2.21. The highest BCUT2D eigenvalue weighted by Crippen LogP contribution is 2.38. The first-order chi connectivity index (χ1) is 13.7. The number of fused-ring (bicyclic) bond motifs is 1. The van der Waals surface area contributed by atoms with Gasteiger partial charge in [0.25, 0.3) is 0 Å². The van der Waals surface area contributed by atoms with Gasteiger partial charge in [0.05, 0.1) is 17.6 Å². The minimum Gasteiger partial charge on any atom is -0.505 e. The Bertz CT molecular complexity index is 1120. The van der Waals surface area contributed by atoms with Gasteiger partial charge in [-0.1, -0.05) is 30.3 Å². The van der Waals surface area contributed by atoms with Gasteiger partial charge in [0.15, 0.2) is 0 Å². The third-order valence-electron chi connectivity index (χ3n) is 4.56. The Morgan fingerprint density at radius 2 is 1.86 bits per heavy atom. The summed E-state index contributed by atoms with van der Waals surface area (Å²) in [5.41, 5.74) is 2.23. The smallest absolute Gasteiger partial charge is 0.147 e. The van der Waals surface area contributed by atoms with Crippen LogP contribution in [0.4, 0.5) is 5.82 Å². The van der Waals surface area contributed by atoms with Crippen molar-refractivity contribution in [3.63, 3.8) is 0 Å². The van der Waals surface area contributed by atoms with Crippen molar-refractivity contribution in [2.45, 2.75) is 6.04 Å². The summed E-state index contributed by atoms with van der Waals surface area (Å²) >= 11 is 3.55. The molecule has 2 heterocycles. The molecule has 0 saturated heterocycles. The quantitative estimate of drug-likeness (QED) is 0.444. The Balaban J connectivity index is 1.86. The Morgan fingerprint density at radius 1 is 1.00 bits per heavy atom. The zero-order valence-electron chi connectivity index (χ0n) is 15.1. The fraction of sp³-hybridized carbons (Fsp3) is 0.0909. The SMILES string of the molecule is COc1ccc([C@@H](Nc2ccccn2)c2ccc3cccnc3c2O)cc1Br. The predicted molar refractivity (Wildman–Crippen MR) is 114 cm³/mol. The highest BCUT2D eigenvalue weighted by atomic mass is 79.9. The number of pyridine rings is 2. The number of hydrogen-bond acceptors (Lipinski definition) is 5.